The summed E-state index contributed by atoms with van der Waals surface area (Å²) < 4.78 is 27.3. The van der Waals surface area contributed by atoms with E-state index in [1.807, 2.05) is 0 Å². The summed E-state index contributed by atoms with van der Waals surface area (Å²) in [5.74, 6) is 0.382. The molecular weight excluding hydrogens is 356 g/mol. The number of carbonyl (C=O) groups is 1. The molecule has 0 N–H and O–H groups in total. The first-order valence-electron chi connectivity index (χ1n) is 7.03. The highest BCUT2D eigenvalue weighted by atomic mass is 79.9. The number of amides is 1. The Balaban J connectivity index is 1.69. The van der Waals surface area contributed by atoms with E-state index in [2.05, 4.69) is 15.9 Å². The van der Waals surface area contributed by atoms with Crippen LogP contribution in [0.1, 0.15) is 12.8 Å². The second-order valence-corrected chi connectivity index (χ2v) is 8.31. The van der Waals surface area contributed by atoms with E-state index >= 15 is 0 Å². The van der Waals surface area contributed by atoms with Gasteiger partial charge in [-0.05, 0) is 31.0 Å². The van der Waals surface area contributed by atoms with Crippen molar-refractivity contribution in [2.45, 2.75) is 17.7 Å². The number of sulfonamides is 1. The lowest BCUT2D eigenvalue weighted by molar-refractivity contribution is -0.133. The average Bonchev–Trinajstić information content (AvgIpc) is 3.31. The molecule has 3 rings (SSSR count). The van der Waals surface area contributed by atoms with E-state index in [1.165, 1.54) is 4.31 Å². The molecule has 2 aliphatic rings. The molecule has 21 heavy (non-hydrogen) atoms. The summed E-state index contributed by atoms with van der Waals surface area (Å²) in [7, 11) is -3.47. The summed E-state index contributed by atoms with van der Waals surface area (Å²) in [6.45, 7) is 1.71. The Bertz CT molecular complexity index is 650. The summed E-state index contributed by atoms with van der Waals surface area (Å²) in [5, 5.41) is 0. The Morgan fingerprint density at radius 3 is 2.38 bits per heavy atom. The molecule has 0 atom stereocenters. The molecule has 1 aliphatic carbocycles. The largest absolute Gasteiger partial charge is 0.340 e. The molecule has 2 fully saturated rings. The first kappa shape index (κ1) is 15.0. The summed E-state index contributed by atoms with van der Waals surface area (Å²) in [5.41, 5.74) is 0. The zero-order valence-corrected chi connectivity index (χ0v) is 13.9. The summed E-state index contributed by atoms with van der Waals surface area (Å²) >= 11 is 3.29. The van der Waals surface area contributed by atoms with Gasteiger partial charge in [-0.1, -0.05) is 22.0 Å². The molecular formula is C14H17BrN2O3S. The van der Waals surface area contributed by atoms with Crippen molar-refractivity contribution < 1.29 is 13.2 Å². The van der Waals surface area contributed by atoms with Crippen LogP contribution < -0.4 is 0 Å². The maximum atomic E-state index is 12.6. The topological polar surface area (TPSA) is 57.7 Å². The molecule has 1 aliphatic heterocycles. The predicted molar refractivity (Wildman–Crippen MR) is 82.2 cm³/mol. The molecule has 114 valence electrons. The highest BCUT2D eigenvalue weighted by molar-refractivity contribution is 9.10. The molecule has 0 aromatic heterocycles. The Morgan fingerprint density at radius 1 is 1.14 bits per heavy atom. The van der Waals surface area contributed by atoms with Crippen LogP contribution in [-0.4, -0.2) is 49.7 Å². The summed E-state index contributed by atoms with van der Waals surface area (Å²) in [6, 6.07) is 6.72. The third-order valence-corrected chi connectivity index (χ3v) is 6.30. The number of rotatable bonds is 3. The molecule has 1 saturated heterocycles. The van der Waals surface area contributed by atoms with Crippen LogP contribution in [0.15, 0.2) is 33.6 Å². The molecule has 1 saturated carbocycles. The van der Waals surface area contributed by atoms with Crippen molar-refractivity contribution in [3.05, 3.63) is 28.7 Å². The van der Waals surface area contributed by atoms with Crippen molar-refractivity contribution in [1.29, 1.82) is 0 Å². The van der Waals surface area contributed by atoms with Crippen molar-refractivity contribution >= 4 is 31.9 Å². The molecule has 5 nitrogen and oxygen atoms in total. The summed E-state index contributed by atoms with van der Waals surface area (Å²) in [4.78, 5) is 14.1. The normalized spacial score (nSPS) is 20.5. The van der Waals surface area contributed by atoms with E-state index in [0.29, 0.717) is 31.1 Å². The molecule has 1 aromatic carbocycles. The molecule has 0 unspecified atom stereocenters. The number of hydrogen-bond acceptors (Lipinski definition) is 3. The summed E-state index contributed by atoms with van der Waals surface area (Å²) in [6.07, 6.45) is 1.96. The fourth-order valence-corrected chi connectivity index (χ4v) is 4.53. The minimum absolute atomic E-state index is 0.189. The molecule has 1 amide bonds. The van der Waals surface area contributed by atoms with E-state index < -0.39 is 10.0 Å². The van der Waals surface area contributed by atoms with Gasteiger partial charge in [-0.3, -0.25) is 4.79 Å². The number of nitrogens with zero attached hydrogens (tertiary/aromatic N) is 2. The van der Waals surface area contributed by atoms with Crippen LogP contribution >= 0.6 is 15.9 Å². The zero-order chi connectivity index (χ0) is 15.0. The first-order chi connectivity index (χ1) is 9.98. The second kappa shape index (κ2) is 5.70. The van der Waals surface area contributed by atoms with Crippen molar-refractivity contribution in [3.8, 4) is 0 Å². The van der Waals surface area contributed by atoms with Crippen molar-refractivity contribution in [2.75, 3.05) is 26.2 Å². The smallest absolute Gasteiger partial charge is 0.243 e. The quantitative estimate of drug-likeness (QED) is 0.810. The average molecular weight is 373 g/mol. The van der Waals surface area contributed by atoms with Crippen LogP contribution in [0.5, 0.6) is 0 Å². The van der Waals surface area contributed by atoms with Gasteiger partial charge in [0.05, 0.1) is 4.90 Å². The van der Waals surface area contributed by atoms with Gasteiger partial charge in [0.15, 0.2) is 0 Å². The monoisotopic (exact) mass is 372 g/mol. The molecule has 0 bridgehead atoms. The fourth-order valence-electron chi connectivity index (χ4n) is 2.51. The predicted octanol–water partition coefficient (Wildman–Crippen LogP) is 1.69. The number of piperazine rings is 1. The van der Waals surface area contributed by atoms with Crippen LogP contribution in [0.4, 0.5) is 0 Å². The van der Waals surface area contributed by atoms with Gasteiger partial charge in [0.25, 0.3) is 0 Å². The molecule has 1 heterocycles. The number of hydrogen-bond donors (Lipinski definition) is 0. The van der Waals surface area contributed by atoms with Crippen LogP contribution in [0.3, 0.4) is 0 Å². The van der Waals surface area contributed by atoms with Crippen LogP contribution in [0.2, 0.25) is 0 Å². The minimum atomic E-state index is -3.47. The molecule has 1 aromatic rings. The Hall–Kier alpha value is -0.920. The molecule has 0 radical (unpaired) electrons. The van der Waals surface area contributed by atoms with E-state index in [-0.39, 0.29) is 11.8 Å². The molecule has 7 heteroatoms. The third-order valence-electron chi connectivity index (χ3n) is 3.91. The highest BCUT2D eigenvalue weighted by Crippen LogP contribution is 2.31. The lowest BCUT2D eigenvalue weighted by Gasteiger charge is -2.34. The lowest BCUT2D eigenvalue weighted by atomic mass is 10.3. The minimum Gasteiger partial charge on any atom is -0.340 e. The zero-order valence-electron chi connectivity index (χ0n) is 11.5. The second-order valence-electron chi connectivity index (χ2n) is 5.46. The van der Waals surface area contributed by atoms with Gasteiger partial charge in [0.1, 0.15) is 0 Å². The van der Waals surface area contributed by atoms with Crippen molar-refractivity contribution in [2.24, 2.45) is 5.92 Å². The van der Waals surface area contributed by atoms with E-state index in [1.54, 1.807) is 29.2 Å². The van der Waals surface area contributed by atoms with Crippen LogP contribution in [0, 0.1) is 5.92 Å². The Morgan fingerprint density at radius 2 is 1.81 bits per heavy atom. The lowest BCUT2D eigenvalue weighted by Crippen LogP contribution is -2.50. The number of halogens is 1. The highest BCUT2D eigenvalue weighted by Gasteiger charge is 2.36. The third kappa shape index (κ3) is 3.14. The van der Waals surface area contributed by atoms with Gasteiger partial charge in [-0.15, -0.1) is 0 Å². The van der Waals surface area contributed by atoms with Gasteiger partial charge in [-0.2, -0.15) is 4.31 Å². The van der Waals surface area contributed by atoms with E-state index in [0.717, 1.165) is 17.3 Å². The van der Waals surface area contributed by atoms with Gasteiger partial charge >= 0.3 is 0 Å². The maximum absolute atomic E-state index is 12.6. The first-order valence-corrected chi connectivity index (χ1v) is 9.26. The van der Waals surface area contributed by atoms with Gasteiger partial charge < -0.3 is 4.90 Å². The van der Waals surface area contributed by atoms with Crippen LogP contribution in [-0.2, 0) is 14.8 Å². The standard InChI is InChI=1S/C14H17BrN2O3S/c15-12-2-1-3-13(10-12)21(19,20)17-8-6-16(7-9-17)14(18)11-4-5-11/h1-3,10-11H,4-9H2. The van der Waals surface area contributed by atoms with Gasteiger partial charge in [0, 0.05) is 36.6 Å². The number of carbonyl (C=O) groups excluding carboxylic acids is 1. The van der Waals surface area contributed by atoms with Gasteiger partial charge in [0.2, 0.25) is 15.9 Å². The Labute approximate surface area is 133 Å². The SMILES string of the molecule is O=C(C1CC1)N1CCN(S(=O)(=O)c2cccc(Br)c2)CC1. The molecule has 0 spiro atoms. The van der Waals surface area contributed by atoms with Gasteiger partial charge in [-0.25, -0.2) is 8.42 Å². The van der Waals surface area contributed by atoms with E-state index in [9.17, 15) is 13.2 Å². The fraction of sp³-hybridized carbons (Fsp3) is 0.500. The number of benzene rings is 1. The van der Waals surface area contributed by atoms with E-state index in [4.69, 9.17) is 0 Å². The maximum Gasteiger partial charge on any atom is 0.243 e. The van der Waals surface area contributed by atoms with Crippen LogP contribution in [0.25, 0.3) is 0 Å². The van der Waals surface area contributed by atoms with Crippen molar-refractivity contribution in [3.63, 3.8) is 0 Å². The Kier molecular flexibility index (Phi) is 4.07. The van der Waals surface area contributed by atoms with Crippen molar-refractivity contribution in [1.82, 2.24) is 9.21 Å².